The van der Waals surface area contributed by atoms with Crippen LogP contribution in [-0.4, -0.2) is 29.7 Å². The van der Waals surface area contributed by atoms with Gasteiger partial charge in [-0.05, 0) is 32.6 Å². The van der Waals surface area contributed by atoms with Gasteiger partial charge in [0.05, 0.1) is 12.6 Å². The van der Waals surface area contributed by atoms with Crippen molar-refractivity contribution >= 4 is 12.0 Å². The molecule has 0 aliphatic carbocycles. The predicted octanol–water partition coefficient (Wildman–Crippen LogP) is 2.44. The molecule has 100 valence electrons. The Morgan fingerprint density at radius 2 is 2.11 bits per heavy atom. The van der Waals surface area contributed by atoms with Gasteiger partial charge in [-0.3, -0.25) is 0 Å². The van der Waals surface area contributed by atoms with E-state index in [0.717, 1.165) is 0 Å². The second kappa shape index (κ2) is 9.24. The van der Waals surface area contributed by atoms with Gasteiger partial charge in [-0.1, -0.05) is 17.7 Å². The molecule has 1 atom stereocenters. The molecule has 1 N–H and O–H groups in total. The molecule has 0 aliphatic rings. The quantitative estimate of drug-likeness (QED) is 0.225. The standard InChI is InChI=1S/C12H18N2O4/c1-3-11(14-18)7-10(9(2)12(16)17)5-4-6-13-8-15/h11H,3-7H2,1-2H3,(H,16,17). The summed E-state index contributed by atoms with van der Waals surface area (Å²) in [5, 5.41) is 11.9. The third-order valence-corrected chi connectivity index (χ3v) is 2.77. The summed E-state index contributed by atoms with van der Waals surface area (Å²) in [6.45, 7) is 3.65. The number of carbonyl (C=O) groups excluding carboxylic acids is 1. The molecule has 0 amide bonds. The van der Waals surface area contributed by atoms with E-state index in [9.17, 15) is 14.5 Å². The van der Waals surface area contributed by atoms with Crippen LogP contribution in [0.15, 0.2) is 21.3 Å². The minimum Gasteiger partial charge on any atom is -0.478 e. The van der Waals surface area contributed by atoms with Crippen LogP contribution >= 0.6 is 0 Å². The summed E-state index contributed by atoms with van der Waals surface area (Å²) in [4.78, 5) is 34.8. The van der Waals surface area contributed by atoms with Gasteiger partial charge in [0.1, 0.15) is 0 Å². The molecule has 0 heterocycles. The largest absolute Gasteiger partial charge is 0.478 e. The highest BCUT2D eigenvalue weighted by molar-refractivity contribution is 5.86. The second-order valence-corrected chi connectivity index (χ2v) is 3.98. The molecule has 0 radical (unpaired) electrons. The van der Waals surface area contributed by atoms with Crippen molar-refractivity contribution in [2.75, 3.05) is 6.54 Å². The van der Waals surface area contributed by atoms with E-state index in [2.05, 4.69) is 10.2 Å². The number of aliphatic imine (C=N–C) groups is 1. The molecular weight excluding hydrogens is 236 g/mol. The van der Waals surface area contributed by atoms with Gasteiger partial charge in [-0.2, -0.15) is 4.91 Å². The molecule has 1 unspecified atom stereocenters. The first-order valence-electron chi connectivity index (χ1n) is 5.84. The minimum atomic E-state index is -0.996. The molecule has 6 nitrogen and oxygen atoms in total. The Balaban J connectivity index is 4.72. The van der Waals surface area contributed by atoms with Crippen molar-refractivity contribution in [3.8, 4) is 0 Å². The lowest BCUT2D eigenvalue weighted by molar-refractivity contribution is -0.132. The Kier molecular flexibility index (Phi) is 8.31. The van der Waals surface area contributed by atoms with Gasteiger partial charge in [-0.15, -0.1) is 0 Å². The Bertz CT molecular complexity index is 370. The van der Waals surface area contributed by atoms with Crippen LogP contribution < -0.4 is 0 Å². The second-order valence-electron chi connectivity index (χ2n) is 3.98. The molecule has 0 saturated heterocycles. The van der Waals surface area contributed by atoms with Gasteiger partial charge < -0.3 is 5.11 Å². The van der Waals surface area contributed by atoms with Crippen molar-refractivity contribution in [3.63, 3.8) is 0 Å². The van der Waals surface area contributed by atoms with E-state index in [0.29, 0.717) is 37.8 Å². The normalized spacial score (nSPS) is 13.2. The molecule has 0 aliphatic heterocycles. The number of nitroso groups, excluding NO2 is 1. The van der Waals surface area contributed by atoms with Gasteiger partial charge >= 0.3 is 5.97 Å². The van der Waals surface area contributed by atoms with Crippen molar-refractivity contribution in [1.82, 2.24) is 0 Å². The van der Waals surface area contributed by atoms with E-state index >= 15 is 0 Å². The highest BCUT2D eigenvalue weighted by Gasteiger charge is 2.14. The van der Waals surface area contributed by atoms with Crippen LogP contribution in [0.2, 0.25) is 0 Å². The number of carbonyl (C=O) groups is 1. The molecule has 0 saturated carbocycles. The van der Waals surface area contributed by atoms with Gasteiger partial charge in [0.2, 0.25) is 6.08 Å². The van der Waals surface area contributed by atoms with Crippen LogP contribution in [0.1, 0.15) is 39.5 Å². The molecule has 6 heteroatoms. The number of carboxylic acid groups (broad SMARTS) is 1. The van der Waals surface area contributed by atoms with Crippen LogP contribution in [0.4, 0.5) is 0 Å². The van der Waals surface area contributed by atoms with E-state index in [-0.39, 0.29) is 5.57 Å². The molecule has 0 aromatic carbocycles. The number of carboxylic acids is 1. The molecule has 0 rings (SSSR count). The third-order valence-electron chi connectivity index (χ3n) is 2.77. The number of hydrogen-bond acceptors (Lipinski definition) is 5. The monoisotopic (exact) mass is 254 g/mol. The van der Waals surface area contributed by atoms with Crippen molar-refractivity contribution in [2.24, 2.45) is 10.2 Å². The number of rotatable bonds is 9. The van der Waals surface area contributed by atoms with E-state index in [4.69, 9.17) is 5.11 Å². The summed E-state index contributed by atoms with van der Waals surface area (Å²) in [6.07, 6.45) is 3.41. The zero-order valence-corrected chi connectivity index (χ0v) is 10.7. The van der Waals surface area contributed by atoms with Gasteiger partial charge in [0.15, 0.2) is 0 Å². The van der Waals surface area contributed by atoms with Crippen LogP contribution in [-0.2, 0) is 9.59 Å². The Morgan fingerprint density at radius 1 is 1.44 bits per heavy atom. The summed E-state index contributed by atoms with van der Waals surface area (Å²) in [7, 11) is 0. The van der Waals surface area contributed by atoms with Gasteiger partial charge in [0.25, 0.3) is 0 Å². The molecular formula is C12H18N2O4. The fraction of sp³-hybridized carbons (Fsp3) is 0.667. The zero-order chi connectivity index (χ0) is 14.0. The van der Waals surface area contributed by atoms with E-state index in [1.807, 2.05) is 6.92 Å². The highest BCUT2D eigenvalue weighted by Crippen LogP contribution is 2.20. The number of hydrogen-bond donors (Lipinski definition) is 1. The maximum atomic E-state index is 10.9. The molecule has 18 heavy (non-hydrogen) atoms. The summed E-state index contributed by atoms with van der Waals surface area (Å²) in [6, 6.07) is -0.399. The first-order valence-corrected chi connectivity index (χ1v) is 5.84. The third kappa shape index (κ3) is 6.06. The highest BCUT2D eigenvalue weighted by atomic mass is 16.4. The molecule has 0 aromatic heterocycles. The summed E-state index contributed by atoms with van der Waals surface area (Å²) < 4.78 is 0. The lowest BCUT2D eigenvalue weighted by atomic mass is 9.96. The number of aliphatic carboxylic acids is 1. The first-order chi connectivity index (χ1) is 8.56. The van der Waals surface area contributed by atoms with E-state index < -0.39 is 12.0 Å². The summed E-state index contributed by atoms with van der Waals surface area (Å²) in [5.41, 5.74) is 0.933. The SMILES string of the molecule is CCC(CC(CCCN=C=O)=C(C)C(=O)O)N=O. The maximum absolute atomic E-state index is 10.9. The van der Waals surface area contributed by atoms with Crippen molar-refractivity contribution in [2.45, 2.75) is 45.6 Å². The number of isocyanates is 1. The van der Waals surface area contributed by atoms with Crippen molar-refractivity contribution in [1.29, 1.82) is 0 Å². The van der Waals surface area contributed by atoms with Crippen LogP contribution in [0.25, 0.3) is 0 Å². The van der Waals surface area contributed by atoms with Crippen LogP contribution in [0, 0.1) is 4.91 Å². The van der Waals surface area contributed by atoms with E-state index in [1.165, 1.54) is 13.0 Å². The molecule has 0 bridgehead atoms. The van der Waals surface area contributed by atoms with E-state index in [1.54, 1.807) is 0 Å². The fourth-order valence-corrected chi connectivity index (χ4v) is 1.55. The summed E-state index contributed by atoms with van der Waals surface area (Å²) >= 11 is 0. The Labute approximate surface area is 106 Å². The van der Waals surface area contributed by atoms with Gasteiger partial charge in [0, 0.05) is 5.57 Å². The molecule has 0 fully saturated rings. The van der Waals surface area contributed by atoms with Crippen LogP contribution in [0.3, 0.4) is 0 Å². The smallest absolute Gasteiger partial charge is 0.331 e. The average molecular weight is 254 g/mol. The average Bonchev–Trinajstić information content (AvgIpc) is 2.37. The fourth-order valence-electron chi connectivity index (χ4n) is 1.55. The van der Waals surface area contributed by atoms with Crippen LogP contribution in [0.5, 0.6) is 0 Å². The topological polar surface area (TPSA) is 96.2 Å². The maximum Gasteiger partial charge on any atom is 0.331 e. The Hall–Kier alpha value is -1.81. The minimum absolute atomic E-state index is 0.243. The van der Waals surface area contributed by atoms with Gasteiger partial charge in [-0.25, -0.2) is 14.6 Å². The summed E-state index contributed by atoms with van der Waals surface area (Å²) in [5.74, 6) is -0.996. The lowest BCUT2D eigenvalue weighted by Crippen LogP contribution is -2.09. The van der Waals surface area contributed by atoms with Crippen molar-refractivity contribution < 1.29 is 14.7 Å². The number of nitrogens with zero attached hydrogens (tertiary/aromatic N) is 2. The van der Waals surface area contributed by atoms with Crippen molar-refractivity contribution in [3.05, 3.63) is 16.1 Å². The zero-order valence-electron chi connectivity index (χ0n) is 10.7. The Morgan fingerprint density at radius 3 is 2.56 bits per heavy atom. The molecule has 0 aromatic rings. The first kappa shape index (κ1) is 16.2. The lowest BCUT2D eigenvalue weighted by Gasteiger charge is -2.12. The molecule has 0 spiro atoms. The predicted molar refractivity (Wildman–Crippen MR) is 67.0 cm³/mol.